The zero-order valence-electron chi connectivity index (χ0n) is 15.2. The number of carbonyl (C=O) groups excluding carboxylic acids is 2. The highest BCUT2D eigenvalue weighted by atomic mass is 32.2. The van der Waals surface area contributed by atoms with Crippen molar-refractivity contribution in [3.8, 4) is 0 Å². The fourth-order valence-electron chi connectivity index (χ4n) is 2.73. The standard InChI is InChI=1S/C19H19FN2O4S2/c1-11(9-18(23)21-15-6-4-3-5-14(15)20)28(25,26)13-7-8-17-16(10-13)22-19(24)12(2)27-17/h3-8,10-12H,9H2,1-2H3,(H,21,23)(H,22,24)/t11-,12-/m0/s1. The molecule has 1 aliphatic rings. The van der Waals surface area contributed by atoms with Gasteiger partial charge in [0.15, 0.2) is 9.84 Å². The third-order valence-electron chi connectivity index (χ3n) is 4.36. The zero-order chi connectivity index (χ0) is 20.5. The molecular formula is C19H19FN2O4S2. The number of rotatable bonds is 5. The van der Waals surface area contributed by atoms with Crippen LogP contribution in [-0.2, 0) is 19.4 Å². The van der Waals surface area contributed by atoms with Crippen LogP contribution in [0.3, 0.4) is 0 Å². The number of sulfone groups is 1. The number of anilines is 2. The Morgan fingerprint density at radius 2 is 2.00 bits per heavy atom. The molecule has 0 fully saturated rings. The fraction of sp³-hybridized carbons (Fsp3) is 0.263. The molecule has 0 aliphatic carbocycles. The lowest BCUT2D eigenvalue weighted by atomic mass is 10.2. The highest BCUT2D eigenvalue weighted by Crippen LogP contribution is 2.37. The third-order valence-corrected chi connectivity index (χ3v) is 7.68. The molecule has 0 aromatic heterocycles. The van der Waals surface area contributed by atoms with E-state index >= 15 is 0 Å². The van der Waals surface area contributed by atoms with Gasteiger partial charge in [0, 0.05) is 11.3 Å². The molecule has 0 spiro atoms. The van der Waals surface area contributed by atoms with Crippen LogP contribution in [0.15, 0.2) is 52.3 Å². The minimum atomic E-state index is -3.82. The van der Waals surface area contributed by atoms with Crippen molar-refractivity contribution >= 4 is 44.8 Å². The molecule has 0 saturated heterocycles. The SMILES string of the molecule is C[C@@H]1Sc2ccc(S(=O)(=O)[C@@H](C)CC(=O)Nc3ccccc3F)cc2NC1=O. The van der Waals surface area contributed by atoms with Crippen LogP contribution >= 0.6 is 11.8 Å². The van der Waals surface area contributed by atoms with E-state index in [0.29, 0.717) is 5.69 Å². The first kappa shape index (κ1) is 20.3. The van der Waals surface area contributed by atoms with Crippen LogP contribution in [0.25, 0.3) is 0 Å². The Hall–Kier alpha value is -2.39. The van der Waals surface area contributed by atoms with Gasteiger partial charge in [-0.1, -0.05) is 12.1 Å². The summed E-state index contributed by atoms with van der Waals surface area (Å²) in [5, 5.41) is 3.80. The predicted octanol–water partition coefficient (Wildman–Crippen LogP) is 3.45. The summed E-state index contributed by atoms with van der Waals surface area (Å²) in [7, 11) is -3.82. The van der Waals surface area contributed by atoms with E-state index in [0.717, 1.165) is 4.90 Å². The van der Waals surface area contributed by atoms with Crippen LogP contribution in [0.4, 0.5) is 15.8 Å². The van der Waals surface area contributed by atoms with E-state index in [2.05, 4.69) is 10.6 Å². The summed E-state index contributed by atoms with van der Waals surface area (Å²) in [6.45, 7) is 3.19. The molecular weight excluding hydrogens is 403 g/mol. The quantitative estimate of drug-likeness (QED) is 0.770. The molecule has 2 aromatic rings. The first-order valence-electron chi connectivity index (χ1n) is 8.58. The number of amides is 2. The lowest BCUT2D eigenvalue weighted by Gasteiger charge is -2.22. The Bertz CT molecular complexity index is 1040. The van der Waals surface area contributed by atoms with Gasteiger partial charge in [0.05, 0.1) is 26.8 Å². The molecule has 2 aromatic carbocycles. The summed E-state index contributed by atoms with van der Waals surface area (Å²) in [6.07, 6.45) is -0.327. The molecule has 1 heterocycles. The average Bonchev–Trinajstić information content (AvgIpc) is 2.64. The molecule has 3 rings (SSSR count). The monoisotopic (exact) mass is 422 g/mol. The van der Waals surface area contributed by atoms with E-state index in [4.69, 9.17) is 0 Å². The van der Waals surface area contributed by atoms with Crippen LogP contribution in [-0.4, -0.2) is 30.7 Å². The number of halogens is 1. The lowest BCUT2D eigenvalue weighted by molar-refractivity contribution is -0.116. The largest absolute Gasteiger partial charge is 0.324 e. The van der Waals surface area contributed by atoms with Gasteiger partial charge in [-0.25, -0.2) is 12.8 Å². The molecule has 6 nitrogen and oxygen atoms in total. The van der Waals surface area contributed by atoms with Gasteiger partial charge in [-0.05, 0) is 44.2 Å². The van der Waals surface area contributed by atoms with Crippen LogP contribution in [0.2, 0.25) is 0 Å². The smallest absolute Gasteiger partial charge is 0.237 e. The number of hydrogen-bond donors (Lipinski definition) is 2. The second kappa shape index (κ2) is 7.92. The Balaban J connectivity index is 1.75. The second-order valence-electron chi connectivity index (χ2n) is 6.50. The van der Waals surface area contributed by atoms with Crippen molar-refractivity contribution in [3.63, 3.8) is 0 Å². The summed E-state index contributed by atoms with van der Waals surface area (Å²) in [5.74, 6) is -1.38. The van der Waals surface area contributed by atoms with Gasteiger partial charge >= 0.3 is 0 Å². The first-order valence-corrected chi connectivity index (χ1v) is 11.0. The van der Waals surface area contributed by atoms with Gasteiger partial charge < -0.3 is 10.6 Å². The number of hydrogen-bond acceptors (Lipinski definition) is 5. The molecule has 28 heavy (non-hydrogen) atoms. The summed E-state index contributed by atoms with van der Waals surface area (Å²) < 4.78 is 39.3. The maximum absolute atomic E-state index is 13.6. The normalized spacial score (nSPS) is 17.4. The summed E-state index contributed by atoms with van der Waals surface area (Å²) >= 11 is 1.35. The molecule has 0 bridgehead atoms. The van der Waals surface area contributed by atoms with Crippen molar-refractivity contribution in [2.24, 2.45) is 0 Å². The summed E-state index contributed by atoms with van der Waals surface area (Å²) in [6, 6.07) is 10.2. The van der Waals surface area contributed by atoms with E-state index in [1.165, 1.54) is 49.0 Å². The number of carbonyl (C=O) groups is 2. The molecule has 0 saturated carbocycles. The molecule has 148 valence electrons. The highest BCUT2D eigenvalue weighted by molar-refractivity contribution is 8.01. The van der Waals surface area contributed by atoms with Crippen LogP contribution in [0, 0.1) is 5.82 Å². The Morgan fingerprint density at radius 3 is 2.71 bits per heavy atom. The highest BCUT2D eigenvalue weighted by Gasteiger charge is 2.29. The minimum Gasteiger partial charge on any atom is -0.324 e. The Morgan fingerprint density at radius 1 is 1.29 bits per heavy atom. The zero-order valence-corrected chi connectivity index (χ0v) is 16.9. The van der Waals surface area contributed by atoms with Crippen molar-refractivity contribution in [1.82, 2.24) is 0 Å². The van der Waals surface area contributed by atoms with Crippen LogP contribution in [0.5, 0.6) is 0 Å². The van der Waals surface area contributed by atoms with Crippen LogP contribution < -0.4 is 10.6 Å². The molecule has 9 heteroatoms. The summed E-state index contributed by atoms with van der Waals surface area (Å²) in [5.41, 5.74) is 0.442. The third kappa shape index (κ3) is 4.20. The van der Waals surface area contributed by atoms with Crippen molar-refractivity contribution < 1.29 is 22.4 Å². The summed E-state index contributed by atoms with van der Waals surface area (Å²) in [4.78, 5) is 24.8. The fourth-order valence-corrected chi connectivity index (χ4v) is 5.04. The Labute approximate surface area is 166 Å². The molecule has 0 radical (unpaired) electrons. The Kier molecular flexibility index (Phi) is 5.76. The van der Waals surface area contributed by atoms with Gasteiger partial charge in [0.25, 0.3) is 0 Å². The first-order chi connectivity index (χ1) is 13.2. The molecule has 1 aliphatic heterocycles. The van der Waals surface area contributed by atoms with Crippen molar-refractivity contribution in [3.05, 3.63) is 48.3 Å². The van der Waals surface area contributed by atoms with Gasteiger partial charge in [0.1, 0.15) is 5.82 Å². The molecule has 2 amide bonds. The van der Waals surface area contributed by atoms with Crippen molar-refractivity contribution in [2.45, 2.75) is 40.6 Å². The molecule has 2 atom stereocenters. The van der Waals surface area contributed by atoms with Gasteiger partial charge in [-0.3, -0.25) is 9.59 Å². The lowest BCUT2D eigenvalue weighted by Crippen LogP contribution is -2.27. The van der Waals surface area contributed by atoms with Crippen molar-refractivity contribution in [1.29, 1.82) is 0 Å². The second-order valence-corrected chi connectivity index (χ2v) is 10.2. The van der Waals surface area contributed by atoms with E-state index in [1.807, 2.05) is 0 Å². The average molecular weight is 423 g/mol. The maximum Gasteiger partial charge on any atom is 0.237 e. The number of thioether (sulfide) groups is 1. The number of para-hydroxylation sites is 1. The van der Waals surface area contributed by atoms with Gasteiger partial charge in [0.2, 0.25) is 11.8 Å². The van der Waals surface area contributed by atoms with E-state index in [1.54, 1.807) is 19.1 Å². The molecule has 0 unspecified atom stereocenters. The van der Waals surface area contributed by atoms with Crippen molar-refractivity contribution in [2.75, 3.05) is 10.6 Å². The minimum absolute atomic E-state index is 0.000245. The predicted molar refractivity (Wildman–Crippen MR) is 107 cm³/mol. The molecule has 2 N–H and O–H groups in total. The van der Waals surface area contributed by atoms with Gasteiger partial charge in [-0.15, -0.1) is 11.8 Å². The number of nitrogens with one attached hydrogen (secondary N) is 2. The topological polar surface area (TPSA) is 92.3 Å². The van der Waals surface area contributed by atoms with E-state index < -0.39 is 26.8 Å². The number of fused-ring (bicyclic) bond motifs is 1. The maximum atomic E-state index is 13.6. The van der Waals surface area contributed by atoms with E-state index in [9.17, 15) is 22.4 Å². The number of benzene rings is 2. The van der Waals surface area contributed by atoms with Crippen LogP contribution in [0.1, 0.15) is 20.3 Å². The van der Waals surface area contributed by atoms with E-state index in [-0.39, 0.29) is 28.2 Å². The van der Waals surface area contributed by atoms with Gasteiger partial charge in [-0.2, -0.15) is 0 Å².